The molecule has 10 heavy (non-hydrogen) atoms. The van der Waals surface area contributed by atoms with Crippen LogP contribution in [0.4, 0.5) is 0 Å². The molecule has 0 aromatic carbocycles. The van der Waals surface area contributed by atoms with Crippen LogP contribution in [0.1, 0.15) is 19.8 Å². The van der Waals surface area contributed by atoms with E-state index < -0.39 is 5.97 Å². The van der Waals surface area contributed by atoms with Crippen LogP contribution in [0.25, 0.3) is 0 Å². The van der Waals surface area contributed by atoms with Crippen LogP contribution in [0.3, 0.4) is 0 Å². The molecule has 1 N–H and O–H groups in total. The molecule has 2 heteroatoms. The number of aliphatic carboxylic acids is 1. The normalized spacial score (nSPS) is 10.6. The van der Waals surface area contributed by atoms with Gasteiger partial charge in [-0.25, -0.2) is 0 Å². The number of carbonyl (C=O) groups is 1. The summed E-state index contributed by atoms with van der Waals surface area (Å²) in [5.74, 6) is 1.62. The van der Waals surface area contributed by atoms with Crippen LogP contribution in [0.5, 0.6) is 0 Å². The van der Waals surface area contributed by atoms with E-state index in [1.807, 2.05) is 0 Å². The quantitative estimate of drug-likeness (QED) is 0.599. The van der Waals surface area contributed by atoms with E-state index in [1.165, 1.54) is 0 Å². The van der Waals surface area contributed by atoms with E-state index in [0.717, 1.165) is 5.57 Å². The maximum absolute atomic E-state index is 9.99. The highest BCUT2D eigenvalue weighted by Gasteiger charge is 1.92. The number of carboxylic acids is 1. The van der Waals surface area contributed by atoms with E-state index in [9.17, 15) is 4.79 Å². The number of hydrogen-bond donors (Lipinski definition) is 1. The van der Waals surface area contributed by atoms with Crippen molar-refractivity contribution in [2.45, 2.75) is 19.8 Å². The van der Waals surface area contributed by atoms with Crippen LogP contribution >= 0.6 is 0 Å². The van der Waals surface area contributed by atoms with E-state index in [1.54, 1.807) is 13.0 Å². The van der Waals surface area contributed by atoms with Gasteiger partial charge in [0.25, 0.3) is 0 Å². The van der Waals surface area contributed by atoms with Crippen molar-refractivity contribution in [3.63, 3.8) is 0 Å². The van der Waals surface area contributed by atoms with Crippen LogP contribution in [-0.4, -0.2) is 11.1 Å². The molecular weight excluding hydrogens is 128 g/mol. The Morgan fingerprint density at radius 2 is 2.40 bits per heavy atom. The lowest BCUT2D eigenvalue weighted by atomic mass is 10.2. The van der Waals surface area contributed by atoms with E-state index in [4.69, 9.17) is 11.5 Å². The first-order valence-electron chi connectivity index (χ1n) is 3.02. The summed E-state index contributed by atoms with van der Waals surface area (Å²) in [6.07, 6.45) is 7.44. The van der Waals surface area contributed by atoms with Gasteiger partial charge in [-0.05, 0) is 18.9 Å². The molecule has 0 radical (unpaired) electrons. The lowest BCUT2D eigenvalue weighted by molar-refractivity contribution is -0.136. The molecule has 0 saturated heterocycles. The Morgan fingerprint density at radius 1 is 1.80 bits per heavy atom. The summed E-state index contributed by atoms with van der Waals surface area (Å²) in [5, 5.41) is 8.22. The van der Waals surface area contributed by atoms with Crippen molar-refractivity contribution in [2.75, 3.05) is 0 Å². The SMILES string of the molecule is C#C/C(C)=C/CCC(=O)O. The second-order valence-corrected chi connectivity index (χ2v) is 1.96. The van der Waals surface area contributed by atoms with Crippen molar-refractivity contribution in [3.8, 4) is 12.3 Å². The lowest BCUT2D eigenvalue weighted by Gasteiger charge is -1.88. The Labute approximate surface area is 60.6 Å². The summed E-state index contributed by atoms with van der Waals surface area (Å²) >= 11 is 0. The highest BCUT2D eigenvalue weighted by molar-refractivity contribution is 5.66. The molecule has 54 valence electrons. The van der Waals surface area contributed by atoms with Gasteiger partial charge in [0.05, 0.1) is 0 Å². The van der Waals surface area contributed by atoms with Gasteiger partial charge in [0, 0.05) is 6.42 Å². The fourth-order valence-corrected chi connectivity index (χ4v) is 0.471. The molecule has 0 aliphatic rings. The minimum absolute atomic E-state index is 0.152. The average molecular weight is 138 g/mol. The second kappa shape index (κ2) is 4.63. The van der Waals surface area contributed by atoms with Crippen LogP contribution in [0.15, 0.2) is 11.6 Å². The third kappa shape index (κ3) is 4.92. The first kappa shape index (κ1) is 8.77. The first-order chi connectivity index (χ1) is 4.66. The third-order valence-corrected chi connectivity index (χ3v) is 1.04. The average Bonchev–Trinajstić information content (AvgIpc) is 1.87. The number of hydrogen-bond acceptors (Lipinski definition) is 1. The molecule has 0 aliphatic carbocycles. The van der Waals surface area contributed by atoms with E-state index in [-0.39, 0.29) is 6.42 Å². The van der Waals surface area contributed by atoms with Crippen molar-refractivity contribution in [1.29, 1.82) is 0 Å². The molecule has 0 saturated carbocycles. The minimum Gasteiger partial charge on any atom is -0.481 e. The van der Waals surface area contributed by atoms with Crippen molar-refractivity contribution < 1.29 is 9.90 Å². The zero-order valence-corrected chi connectivity index (χ0v) is 5.92. The number of terminal acetylenes is 1. The van der Waals surface area contributed by atoms with Gasteiger partial charge in [-0.1, -0.05) is 12.0 Å². The van der Waals surface area contributed by atoms with E-state index in [0.29, 0.717) is 6.42 Å². The van der Waals surface area contributed by atoms with Crippen LogP contribution in [0.2, 0.25) is 0 Å². The lowest BCUT2D eigenvalue weighted by Crippen LogP contribution is -1.91. The molecule has 0 spiro atoms. The van der Waals surface area contributed by atoms with Gasteiger partial charge in [-0.2, -0.15) is 0 Å². The first-order valence-corrected chi connectivity index (χ1v) is 3.02. The number of carboxylic acid groups (broad SMARTS) is 1. The maximum atomic E-state index is 9.99. The molecule has 2 nitrogen and oxygen atoms in total. The van der Waals surface area contributed by atoms with Gasteiger partial charge in [0.2, 0.25) is 0 Å². The van der Waals surface area contributed by atoms with Gasteiger partial charge in [0.15, 0.2) is 0 Å². The van der Waals surface area contributed by atoms with Crippen molar-refractivity contribution >= 4 is 5.97 Å². The summed E-state index contributed by atoms with van der Waals surface area (Å²) in [4.78, 5) is 9.99. The topological polar surface area (TPSA) is 37.3 Å². The zero-order valence-electron chi connectivity index (χ0n) is 5.92. The Hall–Kier alpha value is -1.23. The minimum atomic E-state index is -0.791. The molecule has 0 aromatic heterocycles. The van der Waals surface area contributed by atoms with Crippen LogP contribution in [0, 0.1) is 12.3 Å². The van der Waals surface area contributed by atoms with Crippen molar-refractivity contribution in [2.24, 2.45) is 0 Å². The molecule has 0 bridgehead atoms. The van der Waals surface area contributed by atoms with Crippen LogP contribution in [-0.2, 0) is 4.79 Å². The predicted octanol–water partition coefficient (Wildman–Crippen LogP) is 1.43. The largest absolute Gasteiger partial charge is 0.481 e. The molecular formula is C8H10O2. The fourth-order valence-electron chi connectivity index (χ4n) is 0.471. The van der Waals surface area contributed by atoms with Gasteiger partial charge >= 0.3 is 5.97 Å². The highest BCUT2D eigenvalue weighted by Crippen LogP contribution is 1.96. The zero-order chi connectivity index (χ0) is 7.98. The van der Waals surface area contributed by atoms with E-state index >= 15 is 0 Å². The Balaban J connectivity index is 3.56. The molecule has 0 amide bonds. The van der Waals surface area contributed by atoms with Crippen LogP contribution < -0.4 is 0 Å². The van der Waals surface area contributed by atoms with Gasteiger partial charge in [-0.15, -0.1) is 6.42 Å². The van der Waals surface area contributed by atoms with Crippen molar-refractivity contribution in [1.82, 2.24) is 0 Å². The van der Waals surface area contributed by atoms with Gasteiger partial charge in [0.1, 0.15) is 0 Å². The third-order valence-electron chi connectivity index (χ3n) is 1.04. The monoisotopic (exact) mass is 138 g/mol. The molecule has 0 fully saturated rings. The second-order valence-electron chi connectivity index (χ2n) is 1.96. The maximum Gasteiger partial charge on any atom is 0.303 e. The fraction of sp³-hybridized carbons (Fsp3) is 0.375. The number of allylic oxidation sites excluding steroid dienone is 2. The Morgan fingerprint density at radius 3 is 2.80 bits per heavy atom. The van der Waals surface area contributed by atoms with Gasteiger partial charge in [-0.3, -0.25) is 4.79 Å². The van der Waals surface area contributed by atoms with E-state index in [2.05, 4.69) is 5.92 Å². The molecule has 0 aliphatic heterocycles. The molecule has 0 aromatic rings. The smallest absolute Gasteiger partial charge is 0.303 e. The molecule has 0 atom stereocenters. The highest BCUT2D eigenvalue weighted by atomic mass is 16.4. The Bertz CT molecular complexity index is 184. The molecule has 0 heterocycles. The molecule has 0 rings (SSSR count). The molecule has 0 unspecified atom stereocenters. The van der Waals surface area contributed by atoms with Crippen molar-refractivity contribution in [3.05, 3.63) is 11.6 Å². The predicted molar refractivity (Wildman–Crippen MR) is 39.5 cm³/mol. The summed E-state index contributed by atoms with van der Waals surface area (Å²) in [6, 6.07) is 0. The number of rotatable bonds is 3. The summed E-state index contributed by atoms with van der Waals surface area (Å²) in [6.45, 7) is 1.78. The Kier molecular flexibility index (Phi) is 4.06. The summed E-state index contributed by atoms with van der Waals surface area (Å²) in [7, 11) is 0. The summed E-state index contributed by atoms with van der Waals surface area (Å²) in [5.41, 5.74) is 0.793. The standard InChI is InChI=1S/C8H10O2/c1-3-7(2)5-4-6-8(9)10/h1,5H,4,6H2,2H3,(H,9,10)/b7-5+. The summed E-state index contributed by atoms with van der Waals surface area (Å²) < 4.78 is 0. The van der Waals surface area contributed by atoms with Gasteiger partial charge < -0.3 is 5.11 Å².